The zero-order valence-electron chi connectivity index (χ0n) is 9.99. The van der Waals surface area contributed by atoms with Gasteiger partial charge in [-0.3, -0.25) is 9.78 Å². The molecule has 3 rings (SSSR count). The maximum atomic E-state index is 11.4. The van der Waals surface area contributed by atoms with Gasteiger partial charge in [0, 0.05) is 11.8 Å². The van der Waals surface area contributed by atoms with Crippen molar-refractivity contribution in [2.45, 2.75) is 18.8 Å². The predicted octanol–water partition coefficient (Wildman–Crippen LogP) is 1.37. The lowest BCUT2D eigenvalue weighted by Crippen LogP contribution is -2.47. The number of hydrogen-bond acceptors (Lipinski definition) is 4. The molecule has 0 atom stereocenters. The van der Waals surface area contributed by atoms with Crippen molar-refractivity contribution < 1.29 is 13.9 Å². The van der Waals surface area contributed by atoms with Crippen LogP contribution >= 0.6 is 0 Å². The fourth-order valence-electron chi connectivity index (χ4n) is 2.47. The van der Waals surface area contributed by atoms with Gasteiger partial charge in [0.15, 0.2) is 5.58 Å². The second kappa shape index (κ2) is 3.81. The van der Waals surface area contributed by atoms with E-state index in [9.17, 15) is 9.59 Å². The van der Waals surface area contributed by atoms with Gasteiger partial charge in [0.05, 0.1) is 18.7 Å². The van der Waals surface area contributed by atoms with Crippen LogP contribution in [0.2, 0.25) is 0 Å². The molecule has 2 heterocycles. The monoisotopic (exact) mass is 247 g/mol. The van der Waals surface area contributed by atoms with E-state index in [0.29, 0.717) is 30.7 Å². The van der Waals surface area contributed by atoms with E-state index in [1.165, 1.54) is 0 Å². The number of ketones is 1. The van der Waals surface area contributed by atoms with Crippen LogP contribution < -0.4 is 5.76 Å². The Morgan fingerprint density at radius 2 is 2.22 bits per heavy atom. The Balaban J connectivity index is 2.06. The van der Waals surface area contributed by atoms with E-state index in [-0.39, 0.29) is 11.2 Å². The molecular formula is C13H13NO4. The van der Waals surface area contributed by atoms with Crippen molar-refractivity contribution in [3.05, 3.63) is 34.3 Å². The minimum atomic E-state index is -0.465. The van der Waals surface area contributed by atoms with E-state index in [1.807, 2.05) is 12.1 Å². The van der Waals surface area contributed by atoms with Gasteiger partial charge in [0.2, 0.25) is 0 Å². The van der Waals surface area contributed by atoms with Crippen molar-refractivity contribution in [1.29, 1.82) is 0 Å². The van der Waals surface area contributed by atoms with Gasteiger partial charge in [-0.25, -0.2) is 4.79 Å². The average Bonchev–Trinajstić information content (AvgIpc) is 2.62. The standard InChI is InChI=1S/C13H13NO4/c1-8(15)5-13(6-17-7-13)9-2-3-10-11(4-9)18-12(16)14-10/h2-4H,5-7H2,1H3,(H,14,16). The topological polar surface area (TPSA) is 72.3 Å². The molecule has 1 N–H and O–H groups in total. The number of H-pyrrole nitrogens is 1. The van der Waals surface area contributed by atoms with Crippen molar-refractivity contribution in [2.24, 2.45) is 0 Å². The molecule has 94 valence electrons. The molecule has 1 aromatic carbocycles. The van der Waals surface area contributed by atoms with Gasteiger partial charge in [0.25, 0.3) is 0 Å². The van der Waals surface area contributed by atoms with Crippen molar-refractivity contribution in [3.8, 4) is 0 Å². The molecule has 0 unspecified atom stereocenters. The molecule has 1 aliphatic heterocycles. The number of oxazole rings is 1. The van der Waals surface area contributed by atoms with Crippen LogP contribution in [0.3, 0.4) is 0 Å². The van der Waals surface area contributed by atoms with Crippen LogP contribution in [-0.4, -0.2) is 24.0 Å². The number of benzene rings is 1. The lowest BCUT2D eigenvalue weighted by Gasteiger charge is -2.41. The summed E-state index contributed by atoms with van der Waals surface area (Å²) >= 11 is 0. The SMILES string of the molecule is CC(=O)CC1(c2ccc3[nH]c(=O)oc3c2)COC1. The fourth-order valence-corrected chi connectivity index (χ4v) is 2.47. The minimum Gasteiger partial charge on any atom is -0.408 e. The molecule has 0 spiro atoms. The summed E-state index contributed by atoms with van der Waals surface area (Å²) in [7, 11) is 0. The number of ether oxygens (including phenoxy) is 1. The molecule has 5 nitrogen and oxygen atoms in total. The first kappa shape index (κ1) is 11.2. The van der Waals surface area contributed by atoms with E-state index in [0.717, 1.165) is 5.56 Å². The summed E-state index contributed by atoms with van der Waals surface area (Å²) in [5.41, 5.74) is 1.92. The summed E-state index contributed by atoms with van der Waals surface area (Å²) in [6.45, 7) is 2.65. The number of aromatic amines is 1. The van der Waals surface area contributed by atoms with Crippen LogP contribution in [0, 0.1) is 0 Å². The Morgan fingerprint density at radius 1 is 1.44 bits per heavy atom. The highest BCUT2D eigenvalue weighted by Gasteiger charge is 2.41. The van der Waals surface area contributed by atoms with Gasteiger partial charge in [-0.15, -0.1) is 0 Å². The number of hydrogen-bond donors (Lipinski definition) is 1. The smallest absolute Gasteiger partial charge is 0.408 e. The molecular weight excluding hydrogens is 234 g/mol. The first-order valence-corrected chi connectivity index (χ1v) is 5.80. The van der Waals surface area contributed by atoms with Crippen molar-refractivity contribution in [2.75, 3.05) is 13.2 Å². The zero-order chi connectivity index (χ0) is 12.8. The Morgan fingerprint density at radius 3 is 2.83 bits per heavy atom. The molecule has 0 saturated carbocycles. The molecule has 5 heteroatoms. The maximum Gasteiger partial charge on any atom is 0.417 e. The molecule has 0 aliphatic carbocycles. The van der Waals surface area contributed by atoms with Crippen LogP contribution in [0.25, 0.3) is 11.1 Å². The highest BCUT2D eigenvalue weighted by Crippen LogP contribution is 2.37. The summed E-state index contributed by atoms with van der Waals surface area (Å²) in [6, 6.07) is 5.54. The normalized spacial score (nSPS) is 17.6. The lowest BCUT2D eigenvalue weighted by molar-refractivity contribution is -0.125. The highest BCUT2D eigenvalue weighted by molar-refractivity contribution is 5.78. The summed E-state index contributed by atoms with van der Waals surface area (Å²) in [5, 5.41) is 0. The minimum absolute atomic E-state index is 0.133. The maximum absolute atomic E-state index is 11.4. The van der Waals surface area contributed by atoms with Gasteiger partial charge < -0.3 is 9.15 Å². The number of rotatable bonds is 3. The van der Waals surface area contributed by atoms with Crippen LogP contribution in [0.5, 0.6) is 0 Å². The number of nitrogens with one attached hydrogen (secondary N) is 1. The van der Waals surface area contributed by atoms with E-state index in [2.05, 4.69) is 4.98 Å². The van der Waals surface area contributed by atoms with Crippen molar-refractivity contribution in [3.63, 3.8) is 0 Å². The Hall–Kier alpha value is -1.88. The summed E-state index contributed by atoms with van der Waals surface area (Å²) < 4.78 is 10.3. The number of aromatic nitrogens is 1. The lowest BCUT2D eigenvalue weighted by atomic mass is 9.75. The summed E-state index contributed by atoms with van der Waals surface area (Å²) in [6.07, 6.45) is 0.452. The van der Waals surface area contributed by atoms with Gasteiger partial charge in [0.1, 0.15) is 5.78 Å². The molecule has 1 saturated heterocycles. The second-order valence-corrected chi connectivity index (χ2v) is 4.88. The van der Waals surface area contributed by atoms with Crippen LogP contribution in [0.4, 0.5) is 0 Å². The van der Waals surface area contributed by atoms with Crippen LogP contribution in [0.15, 0.2) is 27.4 Å². The summed E-state index contributed by atoms with van der Waals surface area (Å²) in [4.78, 5) is 25.1. The molecule has 0 bridgehead atoms. The fraction of sp³-hybridized carbons (Fsp3) is 0.385. The second-order valence-electron chi connectivity index (χ2n) is 4.88. The van der Waals surface area contributed by atoms with E-state index < -0.39 is 5.76 Å². The first-order chi connectivity index (χ1) is 8.59. The molecule has 1 aromatic heterocycles. The van der Waals surface area contributed by atoms with Gasteiger partial charge in [-0.2, -0.15) is 0 Å². The predicted molar refractivity (Wildman–Crippen MR) is 64.6 cm³/mol. The quantitative estimate of drug-likeness (QED) is 0.889. The van der Waals surface area contributed by atoms with Crippen LogP contribution in [-0.2, 0) is 14.9 Å². The van der Waals surface area contributed by atoms with E-state index in [4.69, 9.17) is 9.15 Å². The van der Waals surface area contributed by atoms with Crippen molar-refractivity contribution >= 4 is 16.9 Å². The van der Waals surface area contributed by atoms with Gasteiger partial charge >= 0.3 is 5.76 Å². The Kier molecular flexibility index (Phi) is 2.38. The van der Waals surface area contributed by atoms with Gasteiger partial charge in [-0.1, -0.05) is 6.07 Å². The number of carbonyl (C=O) groups is 1. The van der Waals surface area contributed by atoms with Crippen molar-refractivity contribution in [1.82, 2.24) is 4.98 Å². The molecule has 1 aliphatic rings. The third-order valence-electron chi connectivity index (χ3n) is 3.38. The Labute approximate surface area is 103 Å². The largest absolute Gasteiger partial charge is 0.417 e. The zero-order valence-corrected chi connectivity index (χ0v) is 9.99. The number of fused-ring (bicyclic) bond motifs is 1. The summed E-state index contributed by atoms with van der Waals surface area (Å²) in [5.74, 6) is -0.332. The molecule has 18 heavy (non-hydrogen) atoms. The molecule has 2 aromatic rings. The van der Waals surface area contributed by atoms with Gasteiger partial charge in [-0.05, 0) is 24.6 Å². The molecule has 0 radical (unpaired) electrons. The third-order valence-corrected chi connectivity index (χ3v) is 3.38. The molecule has 0 amide bonds. The average molecular weight is 247 g/mol. The number of Topliss-reactive ketones (excluding diaryl/α,β-unsaturated/α-hetero) is 1. The van der Waals surface area contributed by atoms with E-state index >= 15 is 0 Å². The highest BCUT2D eigenvalue weighted by atomic mass is 16.5. The molecule has 1 fully saturated rings. The van der Waals surface area contributed by atoms with Crippen LogP contribution in [0.1, 0.15) is 18.9 Å². The third kappa shape index (κ3) is 1.67. The Bertz CT molecular complexity index is 663. The first-order valence-electron chi connectivity index (χ1n) is 5.80. The number of carbonyl (C=O) groups excluding carboxylic acids is 1. The van der Waals surface area contributed by atoms with E-state index in [1.54, 1.807) is 13.0 Å².